The number of hydrogen-bond acceptors (Lipinski definition) is 1. The molecule has 1 rings (SSSR count). The van der Waals surface area contributed by atoms with Gasteiger partial charge in [-0.2, -0.15) is 0 Å². The molecule has 0 heterocycles. The van der Waals surface area contributed by atoms with Gasteiger partial charge in [0.05, 0.1) is 0 Å². The smallest absolute Gasteiger partial charge is 0.115 e. The summed E-state index contributed by atoms with van der Waals surface area (Å²) >= 11 is 0. The molecule has 0 unspecified atom stereocenters. The predicted molar refractivity (Wildman–Crippen MR) is 75.0 cm³/mol. The standard InChI is InChI=1S/C16H24O/c1-15(2,3)14(16(4,5)6)11-12-7-9-13(17)10-8-12/h7-11,17H,1-6H3. The van der Waals surface area contributed by atoms with Gasteiger partial charge in [-0.1, -0.05) is 65.3 Å². The molecule has 0 aliphatic carbocycles. The first-order valence-corrected chi connectivity index (χ1v) is 6.12. The SMILES string of the molecule is CC(C)(C)C(=Cc1ccc(O)cc1)C(C)(C)C. The van der Waals surface area contributed by atoms with Gasteiger partial charge in [0.1, 0.15) is 5.75 Å². The van der Waals surface area contributed by atoms with E-state index in [1.54, 1.807) is 12.1 Å². The zero-order chi connectivity index (χ0) is 13.3. The van der Waals surface area contributed by atoms with E-state index < -0.39 is 0 Å². The van der Waals surface area contributed by atoms with E-state index in [2.05, 4.69) is 47.6 Å². The lowest BCUT2D eigenvalue weighted by Crippen LogP contribution is -2.22. The van der Waals surface area contributed by atoms with Crippen molar-refractivity contribution in [3.05, 3.63) is 35.4 Å². The number of phenolic OH excluding ortho intramolecular Hbond substituents is 1. The Bertz CT molecular complexity index is 381. The summed E-state index contributed by atoms with van der Waals surface area (Å²) in [5, 5.41) is 9.29. The third-order valence-electron chi connectivity index (χ3n) is 2.82. The zero-order valence-electron chi connectivity index (χ0n) is 11.8. The molecule has 0 saturated carbocycles. The first kappa shape index (κ1) is 13.8. The molecule has 0 bridgehead atoms. The number of hydrogen-bond donors (Lipinski definition) is 1. The highest BCUT2D eigenvalue weighted by atomic mass is 16.3. The van der Waals surface area contributed by atoms with Crippen molar-refractivity contribution < 1.29 is 5.11 Å². The molecule has 0 fully saturated rings. The summed E-state index contributed by atoms with van der Waals surface area (Å²) in [6.07, 6.45) is 2.24. The third-order valence-corrected chi connectivity index (χ3v) is 2.82. The lowest BCUT2D eigenvalue weighted by molar-refractivity contribution is 0.367. The van der Waals surface area contributed by atoms with Crippen molar-refractivity contribution in [1.82, 2.24) is 0 Å². The fourth-order valence-corrected chi connectivity index (χ4v) is 2.30. The molecular weight excluding hydrogens is 208 g/mol. The van der Waals surface area contributed by atoms with Crippen LogP contribution in [0.3, 0.4) is 0 Å². The quantitative estimate of drug-likeness (QED) is 0.732. The molecule has 0 amide bonds. The van der Waals surface area contributed by atoms with Crippen molar-refractivity contribution in [2.45, 2.75) is 41.5 Å². The predicted octanol–water partition coefficient (Wildman–Crippen LogP) is 4.87. The molecule has 0 aliphatic rings. The zero-order valence-corrected chi connectivity index (χ0v) is 11.8. The van der Waals surface area contributed by atoms with Crippen molar-refractivity contribution in [3.8, 4) is 5.75 Å². The normalized spacial score (nSPS) is 12.4. The monoisotopic (exact) mass is 232 g/mol. The van der Waals surface area contributed by atoms with Crippen LogP contribution in [0.4, 0.5) is 0 Å². The minimum atomic E-state index is 0.149. The van der Waals surface area contributed by atoms with Crippen LogP contribution in [-0.4, -0.2) is 5.11 Å². The number of benzene rings is 1. The summed E-state index contributed by atoms with van der Waals surface area (Å²) < 4.78 is 0. The summed E-state index contributed by atoms with van der Waals surface area (Å²) in [6.45, 7) is 13.4. The van der Waals surface area contributed by atoms with Gasteiger partial charge < -0.3 is 5.11 Å². The maximum absolute atomic E-state index is 9.29. The molecule has 0 spiro atoms. The van der Waals surface area contributed by atoms with Gasteiger partial charge in [0.25, 0.3) is 0 Å². The van der Waals surface area contributed by atoms with Crippen LogP contribution < -0.4 is 0 Å². The lowest BCUT2D eigenvalue weighted by atomic mass is 9.71. The van der Waals surface area contributed by atoms with Gasteiger partial charge in [0.2, 0.25) is 0 Å². The molecule has 1 aromatic carbocycles. The van der Waals surface area contributed by atoms with E-state index in [0.717, 1.165) is 5.56 Å². The fraction of sp³-hybridized carbons (Fsp3) is 0.500. The fourth-order valence-electron chi connectivity index (χ4n) is 2.30. The van der Waals surface area contributed by atoms with Gasteiger partial charge in [-0.25, -0.2) is 0 Å². The minimum absolute atomic E-state index is 0.149. The average Bonchev–Trinajstić information content (AvgIpc) is 2.13. The third kappa shape index (κ3) is 3.92. The van der Waals surface area contributed by atoms with Crippen molar-refractivity contribution in [2.24, 2.45) is 10.8 Å². The molecule has 1 aromatic rings. The average molecular weight is 232 g/mol. The maximum atomic E-state index is 9.29. The highest BCUT2D eigenvalue weighted by Gasteiger charge is 2.27. The van der Waals surface area contributed by atoms with Crippen molar-refractivity contribution in [3.63, 3.8) is 0 Å². The molecule has 0 saturated heterocycles. The molecular formula is C16H24O. The number of aromatic hydroxyl groups is 1. The second-order valence-corrected chi connectivity index (χ2v) is 6.65. The Hall–Kier alpha value is -1.24. The summed E-state index contributed by atoms with van der Waals surface area (Å²) in [5.41, 5.74) is 2.85. The van der Waals surface area contributed by atoms with E-state index in [0.29, 0.717) is 5.75 Å². The maximum Gasteiger partial charge on any atom is 0.115 e. The number of allylic oxidation sites excluding steroid dienone is 1. The van der Waals surface area contributed by atoms with Gasteiger partial charge in [0.15, 0.2) is 0 Å². The van der Waals surface area contributed by atoms with E-state index in [-0.39, 0.29) is 10.8 Å². The summed E-state index contributed by atoms with van der Waals surface area (Å²) in [6, 6.07) is 7.36. The molecule has 1 N–H and O–H groups in total. The summed E-state index contributed by atoms with van der Waals surface area (Å²) in [4.78, 5) is 0. The summed E-state index contributed by atoms with van der Waals surface area (Å²) in [7, 11) is 0. The Kier molecular flexibility index (Phi) is 3.71. The molecule has 1 heteroatoms. The Morgan fingerprint density at radius 1 is 0.882 bits per heavy atom. The first-order valence-electron chi connectivity index (χ1n) is 6.12. The van der Waals surface area contributed by atoms with E-state index in [1.807, 2.05) is 12.1 Å². The molecule has 17 heavy (non-hydrogen) atoms. The Morgan fingerprint density at radius 2 is 1.29 bits per heavy atom. The van der Waals surface area contributed by atoms with Gasteiger partial charge in [-0.05, 0) is 28.5 Å². The first-order chi connectivity index (χ1) is 7.60. The van der Waals surface area contributed by atoms with Crippen molar-refractivity contribution in [2.75, 3.05) is 0 Å². The lowest BCUT2D eigenvalue weighted by Gasteiger charge is -2.34. The Balaban J connectivity index is 3.20. The second-order valence-electron chi connectivity index (χ2n) is 6.65. The van der Waals surface area contributed by atoms with Crippen LogP contribution in [0.1, 0.15) is 47.1 Å². The van der Waals surface area contributed by atoms with Gasteiger partial charge >= 0.3 is 0 Å². The van der Waals surface area contributed by atoms with E-state index in [1.165, 1.54) is 5.57 Å². The topological polar surface area (TPSA) is 20.2 Å². The van der Waals surface area contributed by atoms with Gasteiger partial charge in [0, 0.05) is 0 Å². The van der Waals surface area contributed by atoms with E-state index >= 15 is 0 Å². The van der Waals surface area contributed by atoms with E-state index in [4.69, 9.17) is 0 Å². The van der Waals surface area contributed by atoms with Gasteiger partial charge in [-0.3, -0.25) is 0 Å². The minimum Gasteiger partial charge on any atom is -0.508 e. The van der Waals surface area contributed by atoms with E-state index in [9.17, 15) is 5.11 Å². The van der Waals surface area contributed by atoms with Crippen molar-refractivity contribution in [1.29, 1.82) is 0 Å². The van der Waals surface area contributed by atoms with Crippen LogP contribution in [-0.2, 0) is 0 Å². The Morgan fingerprint density at radius 3 is 1.65 bits per heavy atom. The largest absolute Gasteiger partial charge is 0.508 e. The molecule has 1 nitrogen and oxygen atoms in total. The van der Waals surface area contributed by atoms with Crippen LogP contribution >= 0.6 is 0 Å². The van der Waals surface area contributed by atoms with Crippen LogP contribution in [0.15, 0.2) is 29.8 Å². The molecule has 0 atom stereocenters. The molecule has 0 aliphatic heterocycles. The summed E-state index contributed by atoms with van der Waals surface area (Å²) in [5.74, 6) is 0.315. The highest BCUT2D eigenvalue weighted by molar-refractivity contribution is 5.56. The van der Waals surface area contributed by atoms with Gasteiger partial charge in [-0.15, -0.1) is 0 Å². The van der Waals surface area contributed by atoms with Crippen LogP contribution in [0, 0.1) is 10.8 Å². The molecule has 0 radical (unpaired) electrons. The Labute approximate surface area is 105 Å². The molecule has 0 aromatic heterocycles. The number of phenols is 1. The van der Waals surface area contributed by atoms with Crippen LogP contribution in [0.5, 0.6) is 5.75 Å². The highest BCUT2D eigenvalue weighted by Crippen LogP contribution is 2.40. The molecule has 94 valence electrons. The van der Waals surface area contributed by atoms with Crippen LogP contribution in [0.25, 0.3) is 6.08 Å². The second kappa shape index (κ2) is 4.56. The van der Waals surface area contributed by atoms with Crippen molar-refractivity contribution >= 4 is 6.08 Å². The van der Waals surface area contributed by atoms with Crippen LogP contribution in [0.2, 0.25) is 0 Å². The number of rotatable bonds is 1.